The third kappa shape index (κ3) is 3.30. The molecule has 2 rings (SSSR count). The third-order valence-corrected chi connectivity index (χ3v) is 4.05. The Labute approximate surface area is 111 Å². The molecule has 0 aliphatic carbocycles. The number of hydrogen-bond donors (Lipinski definition) is 1. The van der Waals surface area contributed by atoms with Gasteiger partial charge in [0.25, 0.3) is 0 Å². The van der Waals surface area contributed by atoms with Crippen LogP contribution in [0, 0.1) is 5.92 Å². The van der Waals surface area contributed by atoms with Gasteiger partial charge in [-0.05, 0) is 41.2 Å². The molecule has 0 radical (unpaired) electrons. The Kier molecular flexibility index (Phi) is 4.59. The van der Waals surface area contributed by atoms with Crippen molar-refractivity contribution >= 4 is 15.9 Å². The van der Waals surface area contributed by atoms with Gasteiger partial charge in [-0.25, -0.2) is 0 Å². The first-order valence-electron chi connectivity index (χ1n) is 6.23. The van der Waals surface area contributed by atoms with Gasteiger partial charge >= 0.3 is 0 Å². The van der Waals surface area contributed by atoms with E-state index >= 15 is 0 Å². The maximum absolute atomic E-state index is 9.46. The minimum absolute atomic E-state index is 0.268. The van der Waals surface area contributed by atoms with Crippen molar-refractivity contribution in [3.05, 3.63) is 16.9 Å². The van der Waals surface area contributed by atoms with Gasteiger partial charge in [-0.3, -0.25) is 9.58 Å². The molecular formula is C12H20BrN3O. The number of piperidine rings is 1. The van der Waals surface area contributed by atoms with Gasteiger partial charge in [-0.2, -0.15) is 5.10 Å². The lowest BCUT2D eigenvalue weighted by Crippen LogP contribution is -2.47. The van der Waals surface area contributed by atoms with Crippen LogP contribution in [-0.2, 0) is 6.54 Å². The molecule has 96 valence electrons. The first kappa shape index (κ1) is 13.1. The van der Waals surface area contributed by atoms with E-state index in [0.29, 0.717) is 12.0 Å². The Morgan fingerprint density at radius 2 is 2.35 bits per heavy atom. The van der Waals surface area contributed by atoms with E-state index in [2.05, 4.69) is 32.9 Å². The zero-order valence-electron chi connectivity index (χ0n) is 10.2. The highest BCUT2D eigenvalue weighted by Crippen LogP contribution is 2.22. The molecule has 1 fully saturated rings. The normalized spacial score (nSPS) is 26.3. The topological polar surface area (TPSA) is 41.3 Å². The van der Waals surface area contributed by atoms with Crippen molar-refractivity contribution in [3.63, 3.8) is 0 Å². The highest BCUT2D eigenvalue weighted by molar-refractivity contribution is 9.10. The van der Waals surface area contributed by atoms with Crippen LogP contribution in [0.15, 0.2) is 16.9 Å². The fraction of sp³-hybridized carbons (Fsp3) is 0.750. The monoisotopic (exact) mass is 301 g/mol. The number of aromatic nitrogens is 2. The molecule has 1 aliphatic heterocycles. The summed E-state index contributed by atoms with van der Waals surface area (Å²) >= 11 is 3.40. The largest absolute Gasteiger partial charge is 0.395 e. The molecule has 4 nitrogen and oxygen atoms in total. The maximum atomic E-state index is 9.46. The quantitative estimate of drug-likeness (QED) is 0.921. The Bertz CT molecular complexity index is 355. The number of hydrogen-bond acceptors (Lipinski definition) is 3. The Hall–Kier alpha value is -0.390. The summed E-state index contributed by atoms with van der Waals surface area (Å²) in [5.41, 5.74) is 0. The summed E-state index contributed by atoms with van der Waals surface area (Å²) in [4.78, 5) is 2.39. The second kappa shape index (κ2) is 5.98. The fourth-order valence-electron chi connectivity index (χ4n) is 2.60. The standard InChI is InChI=1S/C12H20BrN3O/c1-10-3-2-4-15(12(10)9-17)5-6-16-8-11(13)7-14-16/h7-8,10,12,17H,2-6,9H2,1H3. The van der Waals surface area contributed by atoms with Crippen molar-refractivity contribution in [1.29, 1.82) is 0 Å². The van der Waals surface area contributed by atoms with E-state index in [1.165, 1.54) is 12.8 Å². The molecule has 1 aromatic rings. The van der Waals surface area contributed by atoms with Gasteiger partial charge in [0.15, 0.2) is 0 Å². The number of aliphatic hydroxyl groups is 1. The number of nitrogens with zero attached hydrogens (tertiary/aromatic N) is 3. The van der Waals surface area contributed by atoms with E-state index in [0.717, 1.165) is 24.1 Å². The average molecular weight is 302 g/mol. The van der Waals surface area contributed by atoms with Crippen LogP contribution in [0.5, 0.6) is 0 Å². The van der Waals surface area contributed by atoms with Crippen LogP contribution in [0.1, 0.15) is 19.8 Å². The predicted octanol–water partition coefficient (Wildman–Crippen LogP) is 1.74. The van der Waals surface area contributed by atoms with Crippen molar-refractivity contribution in [1.82, 2.24) is 14.7 Å². The van der Waals surface area contributed by atoms with Gasteiger partial charge in [-0.1, -0.05) is 6.92 Å². The highest BCUT2D eigenvalue weighted by Gasteiger charge is 2.27. The minimum atomic E-state index is 0.268. The summed E-state index contributed by atoms with van der Waals surface area (Å²) in [6.45, 7) is 5.44. The summed E-state index contributed by atoms with van der Waals surface area (Å²) in [6, 6.07) is 0.322. The summed E-state index contributed by atoms with van der Waals surface area (Å²) < 4.78 is 2.96. The predicted molar refractivity (Wildman–Crippen MR) is 70.8 cm³/mol. The number of aliphatic hydroxyl groups excluding tert-OH is 1. The van der Waals surface area contributed by atoms with E-state index in [-0.39, 0.29) is 6.61 Å². The van der Waals surface area contributed by atoms with E-state index < -0.39 is 0 Å². The first-order chi connectivity index (χ1) is 8.20. The van der Waals surface area contributed by atoms with Gasteiger partial charge in [0.05, 0.1) is 23.8 Å². The zero-order valence-corrected chi connectivity index (χ0v) is 11.8. The van der Waals surface area contributed by atoms with Gasteiger partial charge in [0.2, 0.25) is 0 Å². The lowest BCUT2D eigenvalue weighted by atomic mass is 9.91. The second-order valence-electron chi connectivity index (χ2n) is 4.83. The van der Waals surface area contributed by atoms with Crippen LogP contribution in [0.25, 0.3) is 0 Å². The molecule has 2 heterocycles. The Balaban J connectivity index is 1.88. The van der Waals surface area contributed by atoms with E-state index in [4.69, 9.17) is 0 Å². The smallest absolute Gasteiger partial charge is 0.0632 e. The lowest BCUT2D eigenvalue weighted by Gasteiger charge is -2.38. The summed E-state index contributed by atoms with van der Waals surface area (Å²) in [5.74, 6) is 0.595. The SMILES string of the molecule is CC1CCCN(CCn2cc(Br)cn2)C1CO. The van der Waals surface area contributed by atoms with Crippen LogP contribution in [-0.4, -0.2) is 45.5 Å². The summed E-state index contributed by atoms with van der Waals surface area (Å²) in [7, 11) is 0. The second-order valence-corrected chi connectivity index (χ2v) is 5.74. The number of rotatable bonds is 4. The first-order valence-corrected chi connectivity index (χ1v) is 7.03. The van der Waals surface area contributed by atoms with Crippen molar-refractivity contribution in [2.45, 2.75) is 32.4 Å². The molecule has 0 saturated carbocycles. The van der Waals surface area contributed by atoms with Crippen LogP contribution in [0.4, 0.5) is 0 Å². The molecule has 1 N–H and O–H groups in total. The minimum Gasteiger partial charge on any atom is -0.395 e. The molecule has 0 aromatic carbocycles. The molecule has 5 heteroatoms. The molecule has 1 saturated heterocycles. The van der Waals surface area contributed by atoms with E-state index in [1.54, 1.807) is 0 Å². The lowest BCUT2D eigenvalue weighted by molar-refractivity contribution is 0.0498. The molecule has 1 aromatic heterocycles. The summed E-state index contributed by atoms with van der Waals surface area (Å²) in [6.07, 6.45) is 6.26. The van der Waals surface area contributed by atoms with Crippen molar-refractivity contribution in [2.75, 3.05) is 19.7 Å². The Morgan fingerprint density at radius 3 is 3.00 bits per heavy atom. The molecule has 2 atom stereocenters. The van der Waals surface area contributed by atoms with E-state index in [9.17, 15) is 5.11 Å². The highest BCUT2D eigenvalue weighted by atomic mass is 79.9. The molecule has 0 bridgehead atoms. The molecule has 1 aliphatic rings. The van der Waals surface area contributed by atoms with Gasteiger partial charge in [0.1, 0.15) is 0 Å². The molecule has 0 spiro atoms. The third-order valence-electron chi connectivity index (χ3n) is 3.64. The maximum Gasteiger partial charge on any atom is 0.0632 e. The molecule has 17 heavy (non-hydrogen) atoms. The average Bonchev–Trinajstić information content (AvgIpc) is 2.72. The van der Waals surface area contributed by atoms with E-state index in [1.807, 2.05) is 17.1 Å². The van der Waals surface area contributed by atoms with Crippen LogP contribution in [0.3, 0.4) is 0 Å². The molecule has 2 unspecified atom stereocenters. The van der Waals surface area contributed by atoms with Crippen molar-refractivity contribution < 1.29 is 5.11 Å². The van der Waals surface area contributed by atoms with Crippen molar-refractivity contribution in [3.8, 4) is 0 Å². The molecule has 0 amide bonds. The van der Waals surface area contributed by atoms with Crippen molar-refractivity contribution in [2.24, 2.45) is 5.92 Å². The van der Waals surface area contributed by atoms with Crippen LogP contribution >= 0.6 is 15.9 Å². The summed E-state index contributed by atoms with van der Waals surface area (Å²) in [5, 5.41) is 13.7. The Morgan fingerprint density at radius 1 is 1.53 bits per heavy atom. The van der Waals surface area contributed by atoms with Crippen LogP contribution < -0.4 is 0 Å². The van der Waals surface area contributed by atoms with Crippen LogP contribution in [0.2, 0.25) is 0 Å². The number of halogens is 1. The van der Waals surface area contributed by atoms with Gasteiger partial charge in [-0.15, -0.1) is 0 Å². The fourth-order valence-corrected chi connectivity index (χ4v) is 2.93. The van der Waals surface area contributed by atoms with Gasteiger partial charge < -0.3 is 5.11 Å². The zero-order chi connectivity index (χ0) is 12.3. The molecular weight excluding hydrogens is 282 g/mol. The van der Waals surface area contributed by atoms with Gasteiger partial charge in [0, 0.05) is 18.8 Å². The number of likely N-dealkylation sites (tertiary alicyclic amines) is 1.